The Balaban J connectivity index is 1.11. The minimum atomic E-state index is -1.75. The molecule has 356 valence electrons. The van der Waals surface area contributed by atoms with Crippen molar-refractivity contribution in [2.45, 2.75) is 76.7 Å². The van der Waals surface area contributed by atoms with Gasteiger partial charge < -0.3 is 28.0 Å². The van der Waals surface area contributed by atoms with Gasteiger partial charge in [0.15, 0.2) is 0 Å². The topological polar surface area (TPSA) is 137 Å². The van der Waals surface area contributed by atoms with E-state index in [1.54, 1.807) is 14.2 Å². The normalized spacial score (nSPS) is 16.5. The highest BCUT2D eigenvalue weighted by molar-refractivity contribution is 7.44. The van der Waals surface area contributed by atoms with Crippen molar-refractivity contribution in [3.63, 3.8) is 0 Å². The van der Waals surface area contributed by atoms with Gasteiger partial charge in [-0.3, -0.25) is 14.3 Å². The summed E-state index contributed by atoms with van der Waals surface area (Å²) in [5.74, 6) is 7.74. The van der Waals surface area contributed by atoms with E-state index in [-0.39, 0.29) is 43.7 Å². The van der Waals surface area contributed by atoms with Crippen LogP contribution in [0.5, 0.6) is 11.5 Å². The van der Waals surface area contributed by atoms with Gasteiger partial charge in [0, 0.05) is 30.3 Å². The monoisotopic (exact) mass is 954 g/mol. The summed E-state index contributed by atoms with van der Waals surface area (Å²) in [6.45, 7) is 8.44. The van der Waals surface area contributed by atoms with Crippen LogP contribution >= 0.6 is 8.53 Å². The Bertz CT molecular complexity index is 3250. The van der Waals surface area contributed by atoms with Gasteiger partial charge in [-0.2, -0.15) is 5.26 Å². The van der Waals surface area contributed by atoms with Crippen LogP contribution in [0.3, 0.4) is 0 Å². The Hall–Kier alpha value is -6.86. The summed E-state index contributed by atoms with van der Waals surface area (Å²) in [5.41, 5.74) is 0.912. The second-order valence-electron chi connectivity index (χ2n) is 17.8. The van der Waals surface area contributed by atoms with E-state index in [1.807, 2.05) is 91.0 Å². The van der Waals surface area contributed by atoms with E-state index in [4.69, 9.17) is 28.0 Å². The van der Waals surface area contributed by atoms with Gasteiger partial charge in [0.1, 0.15) is 35.0 Å². The second kappa shape index (κ2) is 21.0. The van der Waals surface area contributed by atoms with Crippen molar-refractivity contribution in [2.24, 2.45) is 0 Å². The largest absolute Gasteiger partial charge is 0.497 e. The molecule has 1 aromatic heterocycles. The summed E-state index contributed by atoms with van der Waals surface area (Å²) in [5, 5.41) is 16.1. The number of H-pyrrole nitrogens is 1. The average molecular weight is 955 g/mol. The van der Waals surface area contributed by atoms with Gasteiger partial charge in [0.25, 0.3) is 14.1 Å². The lowest BCUT2D eigenvalue weighted by molar-refractivity contribution is -0.0925. The maximum absolute atomic E-state index is 13.9. The number of rotatable bonds is 17. The molecule has 13 heteroatoms. The SMILES string of the molecule is COc1ccc(C(OC[C@H]2O[C@@H](n3cc(C#Cc4ccc5ccc6cccc7ccc4c5c67)c(=O)[nH]c3=O)C[C@@H]2OP(OCCC#N)N(C(C)C)C(C)C)(c2ccccc2)c2ccc(OC)cc2)cc1. The summed E-state index contributed by atoms with van der Waals surface area (Å²) >= 11 is 0. The maximum atomic E-state index is 13.9. The Kier molecular flexibility index (Phi) is 14.5. The van der Waals surface area contributed by atoms with E-state index in [1.165, 1.54) is 16.2 Å². The van der Waals surface area contributed by atoms with Gasteiger partial charge in [-0.05, 0) is 107 Å². The molecular formula is C57H55N4O8P. The molecule has 0 amide bonds. The molecule has 7 aromatic carbocycles. The van der Waals surface area contributed by atoms with Crippen molar-refractivity contribution in [3.8, 4) is 29.4 Å². The summed E-state index contributed by atoms with van der Waals surface area (Å²) in [7, 11) is 1.50. The van der Waals surface area contributed by atoms with Crippen molar-refractivity contribution in [3.05, 3.63) is 188 Å². The van der Waals surface area contributed by atoms with Gasteiger partial charge in [-0.25, -0.2) is 9.46 Å². The van der Waals surface area contributed by atoms with Crippen LogP contribution in [0.4, 0.5) is 0 Å². The van der Waals surface area contributed by atoms with E-state index in [2.05, 4.69) is 97.7 Å². The highest BCUT2D eigenvalue weighted by atomic mass is 31.2. The predicted octanol–water partition coefficient (Wildman–Crippen LogP) is 10.8. The molecule has 1 aliphatic rings. The smallest absolute Gasteiger partial charge is 0.330 e. The predicted molar refractivity (Wildman–Crippen MR) is 274 cm³/mol. The summed E-state index contributed by atoms with van der Waals surface area (Å²) in [4.78, 5) is 30.0. The Morgan fingerprint density at radius 1 is 0.743 bits per heavy atom. The number of hydrogen-bond acceptors (Lipinski definition) is 10. The zero-order chi connectivity index (χ0) is 48.9. The van der Waals surface area contributed by atoms with E-state index in [9.17, 15) is 14.9 Å². The molecule has 2 heterocycles. The number of benzene rings is 7. The molecule has 8 aromatic rings. The van der Waals surface area contributed by atoms with Crippen LogP contribution in [0.1, 0.15) is 74.6 Å². The molecule has 1 unspecified atom stereocenters. The molecule has 0 saturated carbocycles. The number of ether oxygens (including phenoxy) is 4. The number of hydrogen-bond donors (Lipinski definition) is 1. The molecular weight excluding hydrogens is 900 g/mol. The standard InChI is InChI=1S/C57H55N4O8P/c1-37(2)61(38(3)4)70(67-33-11-32-58)69-50-34-52(60-35-43(55(62)59-56(60)63)21-17-39-16-18-42-20-19-40-12-10-13-41-22-31-49(39)54(42)53(40)41)68-51(50)36-66-57(44-14-8-7-9-15-44,45-23-27-47(64-5)28-24-45)46-25-29-48(65-6)30-26-46/h7-10,12-16,18-20,22-31,35,37-38,50-52H,11,33-34,36H2,1-6H3,(H,59,62,63)/t50-,51+,52+,70?/m0/s1. The molecule has 1 saturated heterocycles. The third-order valence-electron chi connectivity index (χ3n) is 12.8. The Morgan fingerprint density at radius 2 is 1.33 bits per heavy atom. The van der Waals surface area contributed by atoms with Gasteiger partial charge in [-0.15, -0.1) is 0 Å². The first-order valence-corrected chi connectivity index (χ1v) is 24.6. The highest BCUT2D eigenvalue weighted by Crippen LogP contribution is 2.51. The Morgan fingerprint density at radius 3 is 1.94 bits per heavy atom. The van der Waals surface area contributed by atoms with Crippen molar-refractivity contribution in [2.75, 3.05) is 27.4 Å². The van der Waals surface area contributed by atoms with Crippen LogP contribution in [-0.4, -0.2) is 65.9 Å². The summed E-state index contributed by atoms with van der Waals surface area (Å²) in [6.07, 6.45) is -0.537. The summed E-state index contributed by atoms with van der Waals surface area (Å²) in [6, 6.07) is 46.4. The third-order valence-corrected chi connectivity index (χ3v) is 15.0. The maximum Gasteiger partial charge on any atom is 0.330 e. The molecule has 0 radical (unpaired) electrons. The average Bonchev–Trinajstić information content (AvgIpc) is 3.77. The number of methoxy groups -OCH3 is 2. The quantitative estimate of drug-likeness (QED) is 0.0309. The summed E-state index contributed by atoms with van der Waals surface area (Å²) < 4.78 is 42.4. The zero-order valence-electron chi connectivity index (χ0n) is 40.0. The fourth-order valence-electron chi connectivity index (χ4n) is 9.59. The van der Waals surface area contributed by atoms with E-state index in [0.29, 0.717) is 11.5 Å². The van der Waals surface area contributed by atoms with Crippen LogP contribution in [0.15, 0.2) is 149 Å². The first-order chi connectivity index (χ1) is 34.0. The molecule has 1 N–H and O–H groups in total. The van der Waals surface area contributed by atoms with Gasteiger partial charge in [0.05, 0.1) is 46.0 Å². The molecule has 4 atom stereocenters. The van der Waals surface area contributed by atoms with Gasteiger partial charge >= 0.3 is 5.69 Å². The van der Waals surface area contributed by atoms with E-state index in [0.717, 1.165) is 49.2 Å². The van der Waals surface area contributed by atoms with Crippen LogP contribution in [-0.2, 0) is 24.1 Å². The van der Waals surface area contributed by atoms with Crippen molar-refractivity contribution >= 4 is 40.8 Å². The van der Waals surface area contributed by atoms with Gasteiger partial charge in [-0.1, -0.05) is 115 Å². The number of aromatic amines is 1. The zero-order valence-corrected chi connectivity index (χ0v) is 40.9. The van der Waals surface area contributed by atoms with Crippen molar-refractivity contribution in [1.82, 2.24) is 14.2 Å². The Labute approximate surface area is 408 Å². The van der Waals surface area contributed by atoms with Gasteiger partial charge in [0.2, 0.25) is 0 Å². The minimum absolute atomic E-state index is 0.0156. The number of nitrogens with zero attached hydrogens (tertiary/aromatic N) is 3. The van der Waals surface area contributed by atoms with Crippen LogP contribution in [0, 0.1) is 23.2 Å². The van der Waals surface area contributed by atoms with Crippen molar-refractivity contribution in [1.29, 1.82) is 5.26 Å². The number of nitrogens with one attached hydrogen (secondary N) is 1. The molecule has 0 bridgehead atoms. The molecule has 1 aliphatic heterocycles. The number of nitriles is 1. The third kappa shape index (κ3) is 9.55. The number of aromatic nitrogens is 2. The lowest BCUT2D eigenvalue weighted by Crippen LogP contribution is -2.39. The molecule has 0 spiro atoms. The fourth-order valence-corrected chi connectivity index (χ4v) is 11.3. The van der Waals surface area contributed by atoms with Crippen LogP contribution in [0.2, 0.25) is 0 Å². The first-order valence-electron chi connectivity index (χ1n) is 23.5. The van der Waals surface area contributed by atoms with E-state index >= 15 is 0 Å². The molecule has 9 rings (SSSR count). The van der Waals surface area contributed by atoms with E-state index < -0.39 is 43.8 Å². The second-order valence-corrected chi connectivity index (χ2v) is 19.2. The molecule has 70 heavy (non-hydrogen) atoms. The van der Waals surface area contributed by atoms with Crippen molar-refractivity contribution < 1.29 is 28.0 Å². The fraction of sp³-hybridized carbons (Fsp3) is 0.281. The lowest BCUT2D eigenvalue weighted by atomic mass is 9.80. The highest BCUT2D eigenvalue weighted by Gasteiger charge is 2.45. The molecule has 0 aliphatic carbocycles. The first kappa shape index (κ1) is 48.2. The lowest BCUT2D eigenvalue weighted by Gasteiger charge is -2.39. The van der Waals surface area contributed by atoms with Crippen LogP contribution < -0.4 is 20.7 Å². The molecule has 12 nitrogen and oxygen atoms in total. The molecule has 1 fully saturated rings. The minimum Gasteiger partial charge on any atom is -0.497 e. The van der Waals surface area contributed by atoms with Crippen LogP contribution in [0.25, 0.3) is 32.3 Å².